The lowest BCUT2D eigenvalue weighted by atomic mass is 10.0. The quantitative estimate of drug-likeness (QED) is 0.870. The maximum Gasteiger partial charge on any atom is 0.126 e. The lowest BCUT2D eigenvalue weighted by Gasteiger charge is -2.10. The summed E-state index contributed by atoms with van der Waals surface area (Å²) in [6.45, 7) is 6.88. The number of aliphatic hydroxyl groups excluding tert-OH is 1. The summed E-state index contributed by atoms with van der Waals surface area (Å²) in [5.74, 6) is 1.32. The number of aromatic nitrogens is 2. The molecule has 98 valence electrons. The molecule has 1 aromatic heterocycles. The average molecular weight is 247 g/mol. The van der Waals surface area contributed by atoms with E-state index in [0.29, 0.717) is 12.5 Å². The lowest BCUT2D eigenvalue weighted by molar-refractivity contribution is 0.275. The molecule has 0 aliphatic carbocycles. The molecule has 0 bridgehead atoms. The molecule has 0 radical (unpaired) electrons. The molecule has 4 nitrogen and oxygen atoms in total. The normalized spacial score (nSPS) is 13.4. The number of benzene rings is 1. The van der Waals surface area contributed by atoms with Crippen molar-refractivity contribution < 1.29 is 5.11 Å². The molecule has 3 N–H and O–H groups in total. The molecule has 1 aromatic carbocycles. The third-order valence-electron chi connectivity index (χ3n) is 3.20. The summed E-state index contributed by atoms with van der Waals surface area (Å²) in [4.78, 5) is 4.60. The highest BCUT2D eigenvalue weighted by molar-refractivity contribution is 5.77. The molecule has 0 fully saturated rings. The zero-order valence-electron chi connectivity index (χ0n) is 11.2. The molecule has 0 aliphatic heterocycles. The van der Waals surface area contributed by atoms with Gasteiger partial charge in [0.2, 0.25) is 0 Å². The molecule has 0 saturated heterocycles. The molecule has 2 rings (SSSR count). The highest BCUT2D eigenvalue weighted by Crippen LogP contribution is 2.24. The summed E-state index contributed by atoms with van der Waals surface area (Å²) in [7, 11) is 0. The minimum absolute atomic E-state index is 0.0944. The van der Waals surface area contributed by atoms with Gasteiger partial charge in [-0.2, -0.15) is 0 Å². The maximum atomic E-state index is 9.16. The van der Waals surface area contributed by atoms with Gasteiger partial charge in [-0.3, -0.25) is 0 Å². The highest BCUT2D eigenvalue weighted by atomic mass is 16.3. The molecule has 0 amide bonds. The van der Waals surface area contributed by atoms with Crippen molar-refractivity contribution in [3.8, 4) is 0 Å². The largest absolute Gasteiger partial charge is 0.395 e. The fourth-order valence-corrected chi connectivity index (χ4v) is 2.21. The van der Waals surface area contributed by atoms with Gasteiger partial charge in [-0.15, -0.1) is 0 Å². The Morgan fingerprint density at radius 3 is 2.61 bits per heavy atom. The zero-order chi connectivity index (χ0) is 13.3. The van der Waals surface area contributed by atoms with Gasteiger partial charge in [0, 0.05) is 6.54 Å². The molecular formula is C14H21N3O. The van der Waals surface area contributed by atoms with E-state index in [0.717, 1.165) is 16.9 Å². The Labute approximate surface area is 107 Å². The van der Waals surface area contributed by atoms with Crippen LogP contribution in [0.25, 0.3) is 11.0 Å². The van der Waals surface area contributed by atoms with Crippen molar-refractivity contribution in [1.82, 2.24) is 9.55 Å². The van der Waals surface area contributed by atoms with Crippen LogP contribution >= 0.6 is 0 Å². The summed E-state index contributed by atoms with van der Waals surface area (Å²) >= 11 is 0. The zero-order valence-corrected chi connectivity index (χ0v) is 11.2. The smallest absolute Gasteiger partial charge is 0.126 e. The van der Waals surface area contributed by atoms with Crippen LogP contribution < -0.4 is 5.73 Å². The van der Waals surface area contributed by atoms with Crippen LogP contribution in [0.5, 0.6) is 0 Å². The number of rotatable bonds is 4. The van der Waals surface area contributed by atoms with Crippen molar-refractivity contribution in [2.24, 2.45) is 5.73 Å². The molecule has 18 heavy (non-hydrogen) atoms. The second-order valence-corrected chi connectivity index (χ2v) is 5.04. The summed E-state index contributed by atoms with van der Waals surface area (Å²) < 4.78 is 2.00. The number of nitrogens with zero attached hydrogens (tertiary/aromatic N) is 2. The lowest BCUT2D eigenvalue weighted by Crippen LogP contribution is -2.14. The van der Waals surface area contributed by atoms with Crippen LogP contribution in [0.1, 0.15) is 44.1 Å². The van der Waals surface area contributed by atoms with Crippen LogP contribution in [0.15, 0.2) is 18.2 Å². The number of hydrogen-bond donors (Lipinski definition) is 2. The molecule has 4 heteroatoms. The Kier molecular flexibility index (Phi) is 3.68. The van der Waals surface area contributed by atoms with Gasteiger partial charge in [-0.25, -0.2) is 4.98 Å². The summed E-state index contributed by atoms with van der Waals surface area (Å²) in [5.41, 5.74) is 9.21. The molecule has 0 saturated carbocycles. The van der Waals surface area contributed by atoms with E-state index in [9.17, 15) is 0 Å². The third kappa shape index (κ3) is 2.26. The maximum absolute atomic E-state index is 9.16. The van der Waals surface area contributed by atoms with Crippen molar-refractivity contribution in [3.63, 3.8) is 0 Å². The van der Waals surface area contributed by atoms with Crippen molar-refractivity contribution in [3.05, 3.63) is 29.6 Å². The fraction of sp³-hybridized carbons (Fsp3) is 0.500. The van der Waals surface area contributed by atoms with Crippen LogP contribution in [0.3, 0.4) is 0 Å². The molecule has 0 aliphatic rings. The first-order valence-electron chi connectivity index (χ1n) is 6.41. The number of imidazole rings is 1. The topological polar surface area (TPSA) is 64.1 Å². The van der Waals surface area contributed by atoms with Crippen molar-refractivity contribution >= 4 is 11.0 Å². The van der Waals surface area contributed by atoms with Crippen LogP contribution in [-0.4, -0.2) is 21.3 Å². The Hall–Kier alpha value is -1.39. The third-order valence-corrected chi connectivity index (χ3v) is 3.20. The SMILES string of the molecule is CC(C)c1ccc2c(c1)nc(C(C)N)n2CCO. The van der Waals surface area contributed by atoms with Gasteiger partial charge in [0.1, 0.15) is 5.82 Å². The molecule has 1 atom stereocenters. The molecule has 1 heterocycles. The minimum Gasteiger partial charge on any atom is -0.395 e. The van der Waals surface area contributed by atoms with Crippen molar-refractivity contribution in [2.45, 2.75) is 39.3 Å². The van der Waals surface area contributed by atoms with Gasteiger partial charge in [-0.1, -0.05) is 19.9 Å². The van der Waals surface area contributed by atoms with Crippen molar-refractivity contribution in [1.29, 1.82) is 0 Å². The number of hydrogen-bond acceptors (Lipinski definition) is 3. The Morgan fingerprint density at radius 2 is 2.06 bits per heavy atom. The van der Waals surface area contributed by atoms with Crippen molar-refractivity contribution in [2.75, 3.05) is 6.61 Å². The fourth-order valence-electron chi connectivity index (χ4n) is 2.21. The Balaban J connectivity index is 2.60. The second-order valence-electron chi connectivity index (χ2n) is 5.04. The second kappa shape index (κ2) is 5.08. The van der Waals surface area contributed by atoms with Gasteiger partial charge < -0.3 is 15.4 Å². The van der Waals surface area contributed by atoms with Crippen LogP contribution in [0.4, 0.5) is 0 Å². The van der Waals surface area contributed by atoms with E-state index in [-0.39, 0.29) is 12.6 Å². The van der Waals surface area contributed by atoms with Crippen LogP contribution in [-0.2, 0) is 6.54 Å². The first-order chi connectivity index (χ1) is 8.54. The Bertz CT molecular complexity index is 543. The van der Waals surface area contributed by atoms with Crippen LogP contribution in [0, 0.1) is 0 Å². The van der Waals surface area contributed by atoms with E-state index in [1.807, 2.05) is 11.5 Å². The minimum atomic E-state index is -0.133. The van der Waals surface area contributed by atoms with E-state index in [1.54, 1.807) is 0 Å². The van der Waals surface area contributed by atoms with Gasteiger partial charge in [0.25, 0.3) is 0 Å². The number of fused-ring (bicyclic) bond motifs is 1. The predicted molar refractivity (Wildman–Crippen MR) is 73.5 cm³/mol. The van der Waals surface area contributed by atoms with E-state index in [2.05, 4.69) is 37.0 Å². The number of nitrogens with two attached hydrogens (primary N) is 1. The standard InChI is InChI=1S/C14H21N3O/c1-9(2)11-4-5-13-12(8-11)16-14(10(3)15)17(13)6-7-18/h4-5,8-10,18H,6-7,15H2,1-3H3. The molecule has 1 unspecified atom stereocenters. The van der Waals surface area contributed by atoms with E-state index in [1.165, 1.54) is 5.56 Å². The first kappa shape index (κ1) is 13.1. The summed E-state index contributed by atoms with van der Waals surface area (Å²) in [6.07, 6.45) is 0. The Morgan fingerprint density at radius 1 is 1.33 bits per heavy atom. The predicted octanol–water partition coefficient (Wildman–Crippen LogP) is 2.17. The van der Waals surface area contributed by atoms with E-state index < -0.39 is 0 Å². The van der Waals surface area contributed by atoms with E-state index in [4.69, 9.17) is 10.8 Å². The molecular weight excluding hydrogens is 226 g/mol. The molecule has 0 spiro atoms. The summed E-state index contributed by atoms with van der Waals surface area (Å²) in [5, 5.41) is 9.16. The first-order valence-corrected chi connectivity index (χ1v) is 6.41. The van der Waals surface area contributed by atoms with Gasteiger partial charge in [0.05, 0.1) is 23.7 Å². The van der Waals surface area contributed by atoms with Gasteiger partial charge in [-0.05, 0) is 30.5 Å². The highest BCUT2D eigenvalue weighted by Gasteiger charge is 2.14. The van der Waals surface area contributed by atoms with E-state index >= 15 is 0 Å². The monoisotopic (exact) mass is 247 g/mol. The average Bonchev–Trinajstić information content (AvgIpc) is 2.68. The summed E-state index contributed by atoms with van der Waals surface area (Å²) in [6, 6.07) is 6.17. The number of aliphatic hydroxyl groups is 1. The van der Waals surface area contributed by atoms with Gasteiger partial charge in [0.15, 0.2) is 0 Å². The van der Waals surface area contributed by atoms with Crippen LogP contribution in [0.2, 0.25) is 0 Å². The van der Waals surface area contributed by atoms with Gasteiger partial charge >= 0.3 is 0 Å². The molecule has 2 aromatic rings.